The molecule has 1 atom stereocenters. The summed E-state index contributed by atoms with van der Waals surface area (Å²) in [5, 5.41) is 19.0. The molecule has 0 bridgehead atoms. The fourth-order valence-electron chi connectivity index (χ4n) is 1.90. The van der Waals surface area contributed by atoms with Gasteiger partial charge in [0.2, 0.25) is 5.24 Å². The van der Waals surface area contributed by atoms with Gasteiger partial charge in [-0.2, -0.15) is 0 Å². The number of methoxy groups -OCH3 is 1. The van der Waals surface area contributed by atoms with Crippen LogP contribution in [0.2, 0.25) is 0 Å². The number of aliphatic hydroxyl groups is 2. The molecular formula is C15H18N2O3S. The molecule has 0 amide bonds. The van der Waals surface area contributed by atoms with Crippen molar-refractivity contribution >= 4 is 15.7 Å². The van der Waals surface area contributed by atoms with Gasteiger partial charge in [0, 0.05) is 17.1 Å². The summed E-state index contributed by atoms with van der Waals surface area (Å²) in [7, 11) is 0.652. The number of hydrogen-bond acceptors (Lipinski definition) is 3. The highest BCUT2D eigenvalue weighted by Gasteiger charge is 2.11. The van der Waals surface area contributed by atoms with E-state index in [0.29, 0.717) is 10.9 Å². The second-order valence-electron chi connectivity index (χ2n) is 4.60. The Kier molecular flexibility index (Phi) is 5.06. The molecule has 0 aliphatic rings. The van der Waals surface area contributed by atoms with Crippen molar-refractivity contribution in [3.05, 3.63) is 47.3 Å². The van der Waals surface area contributed by atoms with Crippen LogP contribution in [0.4, 0.5) is 0 Å². The van der Waals surface area contributed by atoms with E-state index in [2.05, 4.69) is 9.97 Å². The summed E-state index contributed by atoms with van der Waals surface area (Å²) in [6, 6.07) is 9.32. The number of aryl methyl sites for hydroxylation is 2. The van der Waals surface area contributed by atoms with Gasteiger partial charge < -0.3 is 14.9 Å². The topological polar surface area (TPSA) is 75.5 Å². The lowest BCUT2D eigenvalue weighted by atomic mass is 10.2. The van der Waals surface area contributed by atoms with Crippen molar-refractivity contribution in [1.82, 2.24) is 9.97 Å². The van der Waals surface area contributed by atoms with Crippen LogP contribution in [0.15, 0.2) is 35.5 Å². The molecule has 2 N–H and O–H groups in total. The van der Waals surface area contributed by atoms with Crippen molar-refractivity contribution in [1.29, 1.82) is 0 Å². The predicted octanol–water partition coefficient (Wildman–Crippen LogP) is 3.13. The summed E-state index contributed by atoms with van der Waals surface area (Å²) >= 11 is 0. The Bertz CT molecular complexity index is 645. The number of hydrogen-bond donors (Lipinski definition) is 2. The molecule has 0 aliphatic carbocycles. The van der Waals surface area contributed by atoms with Crippen molar-refractivity contribution in [3.63, 3.8) is 0 Å². The fraction of sp³-hybridized carbons (Fsp3) is 0.267. The molecule has 21 heavy (non-hydrogen) atoms. The van der Waals surface area contributed by atoms with Gasteiger partial charge in [-0.15, -0.1) is 0 Å². The summed E-state index contributed by atoms with van der Waals surface area (Å²) in [5.74, 6) is 1.20. The lowest BCUT2D eigenvalue weighted by Gasteiger charge is -2.10. The van der Waals surface area contributed by atoms with E-state index in [-0.39, 0.29) is 0 Å². The molecular weight excluding hydrogens is 288 g/mol. The van der Waals surface area contributed by atoms with Crippen LogP contribution < -0.4 is 4.74 Å². The number of aromatic nitrogens is 2. The molecule has 112 valence electrons. The molecule has 0 fully saturated rings. The molecule has 0 aliphatic heterocycles. The van der Waals surface area contributed by atoms with Gasteiger partial charge in [0.05, 0.1) is 7.11 Å². The van der Waals surface area contributed by atoms with E-state index in [9.17, 15) is 10.2 Å². The number of benzene rings is 1. The van der Waals surface area contributed by atoms with Crippen molar-refractivity contribution < 1.29 is 14.9 Å². The first kappa shape index (κ1) is 15.6. The normalized spacial score (nSPS) is 12.0. The molecule has 5 nitrogen and oxygen atoms in total. The van der Waals surface area contributed by atoms with Gasteiger partial charge in [-0.1, -0.05) is 22.6 Å². The number of rotatable bonds is 4. The van der Waals surface area contributed by atoms with Crippen LogP contribution in [-0.2, 0) is 5.75 Å². The number of nitrogens with zero attached hydrogens (tertiary/aromatic N) is 2. The fourth-order valence-corrected chi connectivity index (χ4v) is 3.36. The van der Waals surface area contributed by atoms with Crippen molar-refractivity contribution in [2.24, 2.45) is 0 Å². The Labute approximate surface area is 126 Å². The lowest BCUT2D eigenvalue weighted by molar-refractivity contribution is 0.384. The molecule has 2 rings (SSSR count). The average Bonchev–Trinajstić information content (AvgIpc) is 2.44. The summed E-state index contributed by atoms with van der Waals surface area (Å²) < 4.78 is 5.11. The van der Waals surface area contributed by atoms with Crippen LogP contribution in [0.5, 0.6) is 5.75 Å². The van der Waals surface area contributed by atoms with Crippen LogP contribution in [0.25, 0.3) is 0 Å². The first-order valence-corrected chi connectivity index (χ1v) is 7.80. The van der Waals surface area contributed by atoms with Gasteiger partial charge in [0.15, 0.2) is 5.16 Å². The van der Waals surface area contributed by atoms with Crippen LogP contribution in [0, 0.1) is 13.8 Å². The molecule has 6 heteroatoms. The first-order valence-electron chi connectivity index (χ1n) is 6.40. The van der Waals surface area contributed by atoms with Gasteiger partial charge in [-0.05, 0) is 37.6 Å². The van der Waals surface area contributed by atoms with Gasteiger partial charge >= 0.3 is 0 Å². The van der Waals surface area contributed by atoms with E-state index < -0.39 is 15.7 Å². The van der Waals surface area contributed by atoms with E-state index >= 15 is 0 Å². The van der Waals surface area contributed by atoms with Crippen LogP contribution >= 0.6 is 10.5 Å². The first-order chi connectivity index (χ1) is 9.99. The van der Waals surface area contributed by atoms with Crippen LogP contribution in [-0.4, -0.2) is 32.5 Å². The van der Waals surface area contributed by atoms with Gasteiger partial charge in [0.25, 0.3) is 0 Å². The molecule has 0 radical (unpaired) electrons. The molecule has 1 unspecified atom stereocenters. The summed E-state index contributed by atoms with van der Waals surface area (Å²) in [4.78, 5) is 8.64. The zero-order chi connectivity index (χ0) is 15.4. The maximum Gasteiger partial charge on any atom is 0.212 e. The molecule has 0 saturated heterocycles. The molecule has 2 aromatic rings. The minimum absolute atomic E-state index is 0.440. The van der Waals surface area contributed by atoms with E-state index in [1.807, 2.05) is 44.2 Å². The highest BCUT2D eigenvalue weighted by molar-refractivity contribution is 8.14. The Morgan fingerprint density at radius 1 is 1.10 bits per heavy atom. The van der Waals surface area contributed by atoms with Gasteiger partial charge in [-0.3, -0.25) is 0 Å². The number of ether oxygens (including phenoxy) is 1. The summed E-state index contributed by atoms with van der Waals surface area (Å²) in [6.45, 7) is 3.73. The van der Waals surface area contributed by atoms with E-state index in [4.69, 9.17) is 4.74 Å². The third-order valence-electron chi connectivity index (χ3n) is 2.87. The van der Waals surface area contributed by atoms with Crippen molar-refractivity contribution in [2.45, 2.75) is 24.8 Å². The van der Waals surface area contributed by atoms with Gasteiger partial charge in [-0.25, -0.2) is 9.97 Å². The molecule has 1 heterocycles. The Morgan fingerprint density at radius 2 is 1.67 bits per heavy atom. The van der Waals surface area contributed by atoms with Gasteiger partial charge in [0.1, 0.15) is 5.75 Å². The summed E-state index contributed by atoms with van der Waals surface area (Å²) in [6.07, 6.45) is 0. The SMILES string of the molecule is COc1ccc(CS(=C(O)O)c2nc(C)cc(C)n2)cc1. The standard InChI is InChI=1S/C15H18N2O3S/c1-10-8-11(2)17-14(16-10)21(15(18)19)9-12-4-6-13(20-3)7-5-12/h4-8,18-19H,9H2,1-3H3. The summed E-state index contributed by atoms with van der Waals surface area (Å²) in [5.41, 5.74) is 2.58. The minimum atomic E-state index is -0.955. The zero-order valence-corrected chi connectivity index (χ0v) is 13.0. The smallest absolute Gasteiger partial charge is 0.212 e. The second kappa shape index (κ2) is 6.80. The average molecular weight is 306 g/mol. The maximum atomic E-state index is 9.59. The van der Waals surface area contributed by atoms with Crippen molar-refractivity contribution in [2.75, 3.05) is 7.11 Å². The van der Waals surface area contributed by atoms with E-state index in [0.717, 1.165) is 22.7 Å². The largest absolute Gasteiger partial charge is 0.497 e. The van der Waals surface area contributed by atoms with E-state index in [1.165, 1.54) is 0 Å². The van der Waals surface area contributed by atoms with Crippen LogP contribution in [0.1, 0.15) is 17.0 Å². The lowest BCUT2D eigenvalue weighted by Crippen LogP contribution is -2.02. The number of aliphatic hydroxyl groups excluding tert-OH is 1. The third-order valence-corrected chi connectivity index (χ3v) is 4.56. The molecule has 0 spiro atoms. The quantitative estimate of drug-likeness (QED) is 0.670. The molecule has 1 aromatic heterocycles. The van der Waals surface area contributed by atoms with Crippen LogP contribution in [0.3, 0.4) is 0 Å². The minimum Gasteiger partial charge on any atom is -0.497 e. The van der Waals surface area contributed by atoms with E-state index in [1.54, 1.807) is 7.11 Å². The molecule has 1 aromatic carbocycles. The highest BCUT2D eigenvalue weighted by atomic mass is 32.2. The maximum absolute atomic E-state index is 9.59. The third kappa shape index (κ3) is 4.10. The highest BCUT2D eigenvalue weighted by Crippen LogP contribution is 2.29. The molecule has 0 saturated carbocycles. The predicted molar refractivity (Wildman–Crippen MR) is 84.3 cm³/mol. The Morgan fingerprint density at radius 3 is 2.14 bits per heavy atom. The second-order valence-corrected chi connectivity index (χ2v) is 6.40. The zero-order valence-electron chi connectivity index (χ0n) is 12.2. The van der Waals surface area contributed by atoms with Crippen molar-refractivity contribution in [3.8, 4) is 5.75 Å². The monoisotopic (exact) mass is 306 g/mol. The Hall–Kier alpha value is -1.76. The Balaban J connectivity index is 2.33.